The fourth-order valence-corrected chi connectivity index (χ4v) is 2.06. The van der Waals surface area contributed by atoms with Gasteiger partial charge in [-0.2, -0.15) is 0 Å². The Bertz CT molecular complexity index is 448. The molecule has 0 aliphatic rings. The quantitative estimate of drug-likeness (QED) is 0.585. The standard InChI is InChI=1S/C16H25N3O2/c1-12(20)15(11-13-7-3-2-4-8-13)19-16(21)14(18)9-5-6-10-17/h2-4,7-8,14-15H,5-6,9-11,17-18H2,1H3,(H,19,21)/t14-,15-/m0/s1. The lowest BCUT2D eigenvalue weighted by Crippen LogP contribution is -2.48. The van der Waals surface area contributed by atoms with Crippen molar-refractivity contribution >= 4 is 11.7 Å². The van der Waals surface area contributed by atoms with Crippen LogP contribution in [0.3, 0.4) is 0 Å². The van der Waals surface area contributed by atoms with Crippen LogP contribution in [0.1, 0.15) is 31.7 Å². The number of benzene rings is 1. The topological polar surface area (TPSA) is 98.2 Å². The lowest BCUT2D eigenvalue weighted by molar-refractivity contribution is -0.127. The molecule has 0 aliphatic heterocycles. The molecule has 5 nitrogen and oxygen atoms in total. The van der Waals surface area contributed by atoms with E-state index in [1.807, 2.05) is 30.3 Å². The minimum atomic E-state index is -0.589. The molecular formula is C16H25N3O2. The van der Waals surface area contributed by atoms with Gasteiger partial charge >= 0.3 is 0 Å². The van der Waals surface area contributed by atoms with Crippen molar-refractivity contribution in [1.82, 2.24) is 5.32 Å². The van der Waals surface area contributed by atoms with E-state index in [0.717, 1.165) is 18.4 Å². The largest absolute Gasteiger partial charge is 0.345 e. The Morgan fingerprint density at radius 1 is 1.19 bits per heavy atom. The van der Waals surface area contributed by atoms with Crippen LogP contribution in [-0.2, 0) is 16.0 Å². The average Bonchev–Trinajstić information content (AvgIpc) is 2.47. The summed E-state index contributed by atoms with van der Waals surface area (Å²) in [7, 11) is 0. The summed E-state index contributed by atoms with van der Waals surface area (Å²) in [4.78, 5) is 23.7. The van der Waals surface area contributed by atoms with Crippen molar-refractivity contribution in [1.29, 1.82) is 0 Å². The molecule has 116 valence electrons. The second-order valence-corrected chi connectivity index (χ2v) is 5.25. The average molecular weight is 291 g/mol. The van der Waals surface area contributed by atoms with Crippen molar-refractivity contribution in [2.75, 3.05) is 6.54 Å². The summed E-state index contributed by atoms with van der Waals surface area (Å²) in [6, 6.07) is 8.49. The molecule has 0 aromatic heterocycles. The summed E-state index contributed by atoms with van der Waals surface area (Å²) in [6.07, 6.45) is 2.73. The van der Waals surface area contributed by atoms with E-state index in [4.69, 9.17) is 11.5 Å². The molecule has 0 saturated heterocycles. The van der Waals surface area contributed by atoms with Gasteiger partial charge < -0.3 is 16.8 Å². The molecule has 1 amide bonds. The van der Waals surface area contributed by atoms with Crippen LogP contribution >= 0.6 is 0 Å². The van der Waals surface area contributed by atoms with E-state index in [1.54, 1.807) is 0 Å². The molecular weight excluding hydrogens is 266 g/mol. The minimum absolute atomic E-state index is 0.0682. The lowest BCUT2D eigenvalue weighted by atomic mass is 10.0. The number of Topliss-reactive ketones (excluding diaryl/α,β-unsaturated/α-hetero) is 1. The molecule has 0 bridgehead atoms. The van der Waals surface area contributed by atoms with E-state index >= 15 is 0 Å². The van der Waals surface area contributed by atoms with Crippen molar-refractivity contribution in [2.24, 2.45) is 11.5 Å². The maximum absolute atomic E-state index is 12.0. The number of rotatable bonds is 9. The van der Waals surface area contributed by atoms with Gasteiger partial charge in [-0.3, -0.25) is 9.59 Å². The van der Waals surface area contributed by atoms with Gasteiger partial charge in [0.15, 0.2) is 5.78 Å². The van der Waals surface area contributed by atoms with Crippen LogP contribution in [0.4, 0.5) is 0 Å². The monoisotopic (exact) mass is 291 g/mol. The summed E-state index contributed by atoms with van der Waals surface area (Å²) < 4.78 is 0. The normalized spacial score (nSPS) is 13.5. The second kappa shape index (κ2) is 9.26. The number of carbonyl (C=O) groups is 2. The predicted molar refractivity (Wildman–Crippen MR) is 83.6 cm³/mol. The van der Waals surface area contributed by atoms with Crippen LogP contribution in [0.15, 0.2) is 30.3 Å². The Labute approximate surface area is 126 Å². The van der Waals surface area contributed by atoms with Crippen LogP contribution in [0.5, 0.6) is 0 Å². The van der Waals surface area contributed by atoms with E-state index in [0.29, 0.717) is 19.4 Å². The van der Waals surface area contributed by atoms with Crippen molar-refractivity contribution in [3.63, 3.8) is 0 Å². The number of hydrogen-bond acceptors (Lipinski definition) is 4. The molecule has 5 heteroatoms. The maximum atomic E-state index is 12.0. The van der Waals surface area contributed by atoms with Gasteiger partial charge in [0, 0.05) is 0 Å². The summed E-state index contributed by atoms with van der Waals surface area (Å²) in [5.41, 5.74) is 12.3. The van der Waals surface area contributed by atoms with Crippen molar-refractivity contribution in [3.05, 3.63) is 35.9 Å². The molecule has 5 N–H and O–H groups in total. The zero-order valence-electron chi connectivity index (χ0n) is 12.5. The molecule has 1 aromatic carbocycles. The van der Waals surface area contributed by atoms with Crippen molar-refractivity contribution in [3.8, 4) is 0 Å². The highest BCUT2D eigenvalue weighted by Gasteiger charge is 2.21. The lowest BCUT2D eigenvalue weighted by Gasteiger charge is -2.19. The molecule has 0 radical (unpaired) electrons. The Kier molecular flexibility index (Phi) is 7.64. The first-order valence-electron chi connectivity index (χ1n) is 7.35. The number of hydrogen-bond donors (Lipinski definition) is 3. The molecule has 1 aromatic rings. The highest BCUT2D eigenvalue weighted by atomic mass is 16.2. The van der Waals surface area contributed by atoms with Gasteiger partial charge in [0.1, 0.15) is 0 Å². The third kappa shape index (κ3) is 6.51. The van der Waals surface area contributed by atoms with Gasteiger partial charge in [-0.05, 0) is 38.3 Å². The minimum Gasteiger partial charge on any atom is -0.345 e. The van der Waals surface area contributed by atoms with Crippen LogP contribution < -0.4 is 16.8 Å². The van der Waals surface area contributed by atoms with Crippen LogP contribution in [-0.4, -0.2) is 30.3 Å². The van der Waals surface area contributed by atoms with Crippen molar-refractivity contribution in [2.45, 2.75) is 44.7 Å². The van der Waals surface area contributed by atoms with E-state index < -0.39 is 12.1 Å². The van der Waals surface area contributed by atoms with E-state index in [2.05, 4.69) is 5.32 Å². The third-order valence-electron chi connectivity index (χ3n) is 3.40. The van der Waals surface area contributed by atoms with Crippen LogP contribution in [0.2, 0.25) is 0 Å². The van der Waals surface area contributed by atoms with Gasteiger partial charge in [0.05, 0.1) is 12.1 Å². The van der Waals surface area contributed by atoms with Gasteiger partial charge in [-0.25, -0.2) is 0 Å². The first-order valence-corrected chi connectivity index (χ1v) is 7.35. The number of nitrogens with two attached hydrogens (primary N) is 2. The smallest absolute Gasteiger partial charge is 0.237 e. The second-order valence-electron chi connectivity index (χ2n) is 5.25. The van der Waals surface area contributed by atoms with Crippen LogP contribution in [0.25, 0.3) is 0 Å². The predicted octanol–water partition coefficient (Wildman–Crippen LogP) is 0.759. The van der Waals surface area contributed by atoms with Gasteiger partial charge in [0.2, 0.25) is 5.91 Å². The zero-order valence-corrected chi connectivity index (χ0v) is 12.5. The molecule has 0 heterocycles. The number of carbonyl (C=O) groups excluding carboxylic acids is 2. The molecule has 2 atom stereocenters. The summed E-state index contributed by atoms with van der Waals surface area (Å²) >= 11 is 0. The third-order valence-corrected chi connectivity index (χ3v) is 3.40. The molecule has 0 spiro atoms. The molecule has 0 saturated carbocycles. The fourth-order valence-electron chi connectivity index (χ4n) is 2.06. The molecule has 1 rings (SSSR count). The number of ketones is 1. The number of amides is 1. The van der Waals surface area contributed by atoms with E-state index in [9.17, 15) is 9.59 Å². The van der Waals surface area contributed by atoms with Gasteiger partial charge in [0.25, 0.3) is 0 Å². The summed E-state index contributed by atoms with van der Waals surface area (Å²) in [5.74, 6) is -0.343. The van der Waals surface area contributed by atoms with E-state index in [1.165, 1.54) is 6.92 Å². The Balaban J connectivity index is 2.54. The van der Waals surface area contributed by atoms with E-state index in [-0.39, 0.29) is 11.7 Å². The van der Waals surface area contributed by atoms with Crippen LogP contribution in [0, 0.1) is 0 Å². The van der Waals surface area contributed by atoms with Gasteiger partial charge in [-0.1, -0.05) is 36.8 Å². The Hall–Kier alpha value is -1.72. The SMILES string of the molecule is CC(=O)[C@H](Cc1ccccc1)NC(=O)[C@@H](N)CCCCN. The fraction of sp³-hybridized carbons (Fsp3) is 0.500. The molecule has 0 aliphatic carbocycles. The molecule has 0 unspecified atom stereocenters. The Morgan fingerprint density at radius 3 is 2.43 bits per heavy atom. The number of unbranched alkanes of at least 4 members (excludes halogenated alkanes) is 1. The van der Waals surface area contributed by atoms with Gasteiger partial charge in [-0.15, -0.1) is 0 Å². The summed E-state index contributed by atoms with van der Waals surface area (Å²) in [5, 5.41) is 2.75. The molecule has 0 fully saturated rings. The number of nitrogens with one attached hydrogen (secondary N) is 1. The highest BCUT2D eigenvalue weighted by molar-refractivity contribution is 5.89. The molecule has 21 heavy (non-hydrogen) atoms. The Morgan fingerprint density at radius 2 is 1.86 bits per heavy atom. The zero-order chi connectivity index (χ0) is 15.7. The first-order chi connectivity index (χ1) is 10.0. The van der Waals surface area contributed by atoms with Crippen molar-refractivity contribution < 1.29 is 9.59 Å². The highest BCUT2D eigenvalue weighted by Crippen LogP contribution is 2.05. The maximum Gasteiger partial charge on any atom is 0.237 e. The summed E-state index contributed by atoms with van der Waals surface area (Å²) in [6.45, 7) is 2.08. The first kappa shape index (κ1) is 17.3.